The van der Waals surface area contributed by atoms with Gasteiger partial charge in [0.15, 0.2) is 6.23 Å². The molecule has 0 amide bonds. The molecule has 5 fully saturated rings. The lowest BCUT2D eigenvalue weighted by Crippen LogP contribution is -2.83. The summed E-state index contributed by atoms with van der Waals surface area (Å²) in [5.41, 5.74) is 2.56. The Labute approximate surface area is 217 Å². The maximum absolute atomic E-state index is 11.9. The SMILES string of the molecule is CCC[N+]12[C@H](O)[C@@H](CC)[C@@H]3C[C@H]1[C@@H]1N(C)c4ccccc4[C@]14C[C@H]2C3[C@H]4O.O=C([O-])C(O)C(O)C(=O)[O-].[H+]. The highest BCUT2D eigenvalue weighted by Gasteiger charge is 2.82. The normalized spacial score (nSPS) is 43.5. The molecule has 37 heavy (non-hydrogen) atoms. The highest BCUT2D eigenvalue weighted by atomic mass is 16.4. The van der Waals surface area contributed by atoms with Crippen LogP contribution in [0.5, 0.6) is 0 Å². The number of likely N-dealkylation sites (N-methyl/N-ethyl adjacent to an activating group) is 1. The minimum absolute atomic E-state index is 0. The van der Waals surface area contributed by atoms with E-state index in [-0.39, 0.29) is 19.2 Å². The van der Waals surface area contributed by atoms with Crippen molar-refractivity contribution < 1.29 is 46.1 Å². The van der Waals surface area contributed by atoms with Crippen LogP contribution < -0.4 is 15.1 Å². The molecule has 4 unspecified atom stereocenters. The number of carboxylic acid groups (broad SMARTS) is 2. The van der Waals surface area contributed by atoms with E-state index in [0.29, 0.717) is 35.9 Å². The minimum Gasteiger partial charge on any atom is -0.547 e. The van der Waals surface area contributed by atoms with E-state index in [1.165, 1.54) is 17.7 Å². The second-order valence-corrected chi connectivity index (χ2v) is 11.6. The number of carbonyl (C=O) groups is 2. The van der Waals surface area contributed by atoms with Crippen LogP contribution in [0.15, 0.2) is 24.3 Å². The molecule has 1 saturated carbocycles. The van der Waals surface area contributed by atoms with Crippen molar-refractivity contribution in [2.24, 2.45) is 17.8 Å². The van der Waals surface area contributed by atoms with Crippen molar-refractivity contribution in [2.75, 3.05) is 18.5 Å². The predicted molar refractivity (Wildman–Crippen MR) is 128 cm³/mol. The average Bonchev–Trinajstić information content (AvgIpc) is 3.26. The van der Waals surface area contributed by atoms with Gasteiger partial charge in [0, 0.05) is 37.4 Å². The zero-order chi connectivity index (χ0) is 27.0. The number of benzene rings is 1. The third-order valence-electron chi connectivity index (χ3n) is 10.5. The van der Waals surface area contributed by atoms with E-state index >= 15 is 0 Å². The predicted octanol–water partition coefficient (Wildman–Crippen LogP) is -2.20. The number of hydrogen-bond acceptors (Lipinski definition) is 9. The molecule has 1 aromatic rings. The van der Waals surface area contributed by atoms with Crippen LogP contribution in [0.4, 0.5) is 5.69 Å². The first-order valence-electron chi connectivity index (χ1n) is 13.3. The van der Waals surface area contributed by atoms with Crippen molar-refractivity contribution in [3.63, 3.8) is 0 Å². The van der Waals surface area contributed by atoms with Gasteiger partial charge in [-0.05, 0) is 30.4 Å². The van der Waals surface area contributed by atoms with Gasteiger partial charge in [-0.2, -0.15) is 0 Å². The van der Waals surface area contributed by atoms with Crippen molar-refractivity contribution in [2.45, 2.75) is 87.6 Å². The van der Waals surface area contributed by atoms with Gasteiger partial charge >= 0.3 is 1.43 Å². The lowest BCUT2D eigenvalue weighted by molar-refractivity contribution is -1.04. The smallest absolute Gasteiger partial charge is 0.547 e. The standard InChI is InChI=1S/C23H33N2O2.C4H6O6/c1-4-10-25-17-11-14(13(5-2)22(25)27)19-18(25)12-23(21(19)26)15-8-6-7-9-16(15)24(3)20(17)23;5-1(3(7)8)2(6)4(9)10/h6-9,13-14,17-22,26-27H,4-5,10-12H2,1-3H3;1-2,5-6H,(H,7,8)(H,9,10)/q+1;/p-1/t13-,14-,17-,18-,19?,20-,21+,22+,23+,25?;/m0./s1. The Balaban J connectivity index is 0.000000265. The Hall–Kier alpha value is -2.24. The van der Waals surface area contributed by atoms with Gasteiger partial charge in [-0.15, -0.1) is 0 Å². The fourth-order valence-electron chi connectivity index (χ4n) is 9.49. The van der Waals surface area contributed by atoms with E-state index in [1.807, 2.05) is 0 Å². The molecular weight excluding hydrogens is 480 g/mol. The monoisotopic (exact) mass is 518 g/mol. The second-order valence-electron chi connectivity index (χ2n) is 11.6. The highest BCUT2D eigenvalue weighted by molar-refractivity contribution is 5.80. The zero-order valence-electron chi connectivity index (χ0n) is 22.4. The van der Waals surface area contributed by atoms with Crippen LogP contribution in [-0.2, 0) is 15.0 Å². The topological polar surface area (TPSA) is 164 Å². The molecule has 5 aliphatic heterocycles. The largest absolute Gasteiger partial charge is 1.00 e. The summed E-state index contributed by atoms with van der Waals surface area (Å²) in [6.45, 7) is 5.56. The summed E-state index contributed by atoms with van der Waals surface area (Å²) in [6, 6.07) is 9.97. The van der Waals surface area contributed by atoms with Crippen LogP contribution in [0.25, 0.3) is 0 Å². The molecule has 4 saturated heterocycles. The van der Waals surface area contributed by atoms with Gasteiger partial charge in [0.2, 0.25) is 0 Å². The van der Waals surface area contributed by atoms with Crippen molar-refractivity contribution in [3.8, 4) is 0 Å². The van der Waals surface area contributed by atoms with Crippen molar-refractivity contribution >= 4 is 17.6 Å². The van der Waals surface area contributed by atoms with Crippen molar-refractivity contribution in [1.29, 1.82) is 0 Å². The first-order valence-corrected chi connectivity index (χ1v) is 13.3. The van der Waals surface area contributed by atoms with E-state index in [9.17, 15) is 30.0 Å². The third-order valence-corrected chi connectivity index (χ3v) is 10.5. The number of carbonyl (C=O) groups excluding carboxylic acids is 2. The van der Waals surface area contributed by atoms with Crippen molar-refractivity contribution in [1.82, 2.24) is 0 Å². The van der Waals surface area contributed by atoms with Crippen LogP contribution >= 0.6 is 0 Å². The van der Waals surface area contributed by atoms with Gasteiger partial charge in [0.25, 0.3) is 0 Å². The Bertz CT molecular complexity index is 1070. The highest BCUT2D eigenvalue weighted by Crippen LogP contribution is 2.71. The number of piperidine rings is 4. The molecule has 7 rings (SSSR count). The molecular formula is C27H38N2O8. The number of hydrogen-bond donors (Lipinski definition) is 4. The van der Waals surface area contributed by atoms with Crippen LogP contribution in [0.2, 0.25) is 0 Å². The molecule has 1 aliphatic carbocycles. The Morgan fingerprint density at radius 3 is 2.32 bits per heavy atom. The van der Waals surface area contributed by atoms with E-state index in [1.54, 1.807) is 0 Å². The first kappa shape index (κ1) is 26.4. The molecule has 0 aromatic heterocycles. The summed E-state index contributed by atoms with van der Waals surface area (Å²) in [6.07, 6.45) is -1.04. The summed E-state index contributed by atoms with van der Waals surface area (Å²) < 4.78 is 0.873. The van der Waals surface area contributed by atoms with Gasteiger partial charge < -0.3 is 45.1 Å². The number of quaternary nitrogens is 1. The summed E-state index contributed by atoms with van der Waals surface area (Å²) in [5, 5.41) is 59.3. The quantitative estimate of drug-likeness (QED) is 0.306. The van der Waals surface area contributed by atoms with Gasteiger partial charge in [-0.25, -0.2) is 0 Å². The number of anilines is 1. The number of aliphatic hydroxyl groups is 4. The zero-order valence-corrected chi connectivity index (χ0v) is 21.4. The Morgan fingerprint density at radius 2 is 1.76 bits per heavy atom. The summed E-state index contributed by atoms with van der Waals surface area (Å²) >= 11 is 0. The van der Waals surface area contributed by atoms with E-state index in [4.69, 9.17) is 10.2 Å². The van der Waals surface area contributed by atoms with E-state index < -0.39 is 24.1 Å². The molecule has 5 bridgehead atoms. The fraction of sp³-hybridized carbons (Fsp3) is 0.704. The van der Waals surface area contributed by atoms with Crippen LogP contribution in [-0.4, -0.2) is 93.1 Å². The van der Waals surface area contributed by atoms with Gasteiger partial charge in [0.1, 0.15) is 18.2 Å². The third kappa shape index (κ3) is 3.16. The van der Waals surface area contributed by atoms with Gasteiger partial charge in [-0.1, -0.05) is 32.0 Å². The lowest BCUT2D eigenvalue weighted by atomic mass is 9.60. The van der Waals surface area contributed by atoms with Crippen LogP contribution in [0.3, 0.4) is 0 Å². The van der Waals surface area contributed by atoms with Gasteiger partial charge in [0.05, 0.1) is 42.1 Å². The molecule has 1 aromatic carbocycles. The fourth-order valence-corrected chi connectivity index (χ4v) is 9.49. The maximum Gasteiger partial charge on any atom is 1.00 e. The lowest BCUT2D eigenvalue weighted by Gasteiger charge is -2.68. The molecule has 10 nitrogen and oxygen atoms in total. The molecule has 12 atom stereocenters. The maximum atomic E-state index is 11.9. The Morgan fingerprint density at radius 1 is 1.14 bits per heavy atom. The molecule has 0 radical (unpaired) electrons. The molecule has 1 spiro atoms. The number of aliphatic hydroxyl groups excluding tert-OH is 4. The number of carboxylic acids is 2. The van der Waals surface area contributed by atoms with Crippen LogP contribution in [0.1, 0.15) is 46.5 Å². The van der Waals surface area contributed by atoms with E-state index in [0.717, 1.165) is 30.3 Å². The second kappa shape index (κ2) is 8.91. The van der Waals surface area contributed by atoms with Crippen LogP contribution in [0, 0.1) is 17.8 Å². The Kier molecular flexibility index (Phi) is 6.35. The molecule has 4 N–H and O–H groups in total. The molecule has 204 valence electrons. The van der Waals surface area contributed by atoms with Crippen molar-refractivity contribution in [3.05, 3.63) is 29.8 Å². The number of fused-ring (bicyclic) bond motifs is 2. The van der Waals surface area contributed by atoms with Gasteiger partial charge in [-0.3, -0.25) is 4.48 Å². The number of para-hydroxylation sites is 1. The summed E-state index contributed by atoms with van der Waals surface area (Å²) in [7, 11) is 2.23. The molecule has 10 heteroatoms. The molecule has 5 heterocycles. The summed E-state index contributed by atoms with van der Waals surface area (Å²) in [5.74, 6) is -2.94. The first-order chi connectivity index (χ1) is 17.5. The minimum atomic E-state index is -2.44. The molecule has 6 aliphatic rings. The number of nitrogens with zero attached hydrogens (tertiary/aromatic N) is 2. The number of rotatable bonds is 6. The summed E-state index contributed by atoms with van der Waals surface area (Å²) in [4.78, 5) is 21.7. The average molecular weight is 519 g/mol. The number of aliphatic carboxylic acids is 2. The van der Waals surface area contributed by atoms with E-state index in [2.05, 4.69) is 50.1 Å².